The predicted molar refractivity (Wildman–Crippen MR) is 36.0 cm³/mol. The Bertz CT molecular complexity index is 125. The van der Waals surface area contributed by atoms with E-state index >= 15 is 0 Å². The van der Waals surface area contributed by atoms with Gasteiger partial charge in [0, 0.05) is 13.0 Å². The SMILES string of the molecule is O=C1CCCNN1CCO. The van der Waals surface area contributed by atoms with Gasteiger partial charge in [-0.2, -0.15) is 0 Å². The molecular formula is C6H12N2O2. The summed E-state index contributed by atoms with van der Waals surface area (Å²) in [4.78, 5) is 10.9. The molecule has 1 aliphatic rings. The topological polar surface area (TPSA) is 52.6 Å². The summed E-state index contributed by atoms with van der Waals surface area (Å²) in [5, 5.41) is 9.98. The largest absolute Gasteiger partial charge is 0.394 e. The maximum atomic E-state index is 10.9. The number of hydrogen-bond acceptors (Lipinski definition) is 3. The van der Waals surface area contributed by atoms with Crippen molar-refractivity contribution in [1.29, 1.82) is 0 Å². The lowest BCUT2D eigenvalue weighted by molar-refractivity contribution is -0.137. The van der Waals surface area contributed by atoms with Crippen molar-refractivity contribution in [2.24, 2.45) is 0 Å². The fraction of sp³-hybridized carbons (Fsp3) is 0.833. The van der Waals surface area contributed by atoms with E-state index in [9.17, 15) is 4.79 Å². The zero-order valence-electron chi connectivity index (χ0n) is 5.84. The summed E-state index contributed by atoms with van der Waals surface area (Å²) in [5.74, 6) is 0.0836. The minimum atomic E-state index is 0.0265. The third-order valence-electron chi connectivity index (χ3n) is 1.49. The van der Waals surface area contributed by atoms with Crippen molar-refractivity contribution >= 4 is 5.91 Å². The van der Waals surface area contributed by atoms with Crippen LogP contribution in [0.5, 0.6) is 0 Å². The van der Waals surface area contributed by atoms with Crippen LogP contribution in [0.1, 0.15) is 12.8 Å². The number of hydrogen-bond donors (Lipinski definition) is 2. The number of carbonyl (C=O) groups excluding carboxylic acids is 1. The van der Waals surface area contributed by atoms with E-state index in [1.807, 2.05) is 0 Å². The number of nitrogens with one attached hydrogen (secondary N) is 1. The van der Waals surface area contributed by atoms with Crippen LogP contribution in [-0.4, -0.2) is 35.7 Å². The number of hydrazine groups is 1. The quantitative estimate of drug-likeness (QED) is 0.528. The van der Waals surface area contributed by atoms with Crippen LogP contribution in [0.3, 0.4) is 0 Å². The first kappa shape index (κ1) is 7.50. The van der Waals surface area contributed by atoms with Gasteiger partial charge in [-0.1, -0.05) is 0 Å². The molecule has 1 rings (SSSR count). The first-order valence-electron chi connectivity index (χ1n) is 3.49. The molecule has 0 atom stereocenters. The molecule has 1 fully saturated rings. The van der Waals surface area contributed by atoms with E-state index in [0.29, 0.717) is 13.0 Å². The van der Waals surface area contributed by atoms with E-state index in [1.54, 1.807) is 0 Å². The van der Waals surface area contributed by atoms with Crippen molar-refractivity contribution in [3.63, 3.8) is 0 Å². The molecule has 1 saturated heterocycles. The first-order chi connectivity index (χ1) is 4.84. The number of rotatable bonds is 2. The Balaban J connectivity index is 2.32. The van der Waals surface area contributed by atoms with Crippen molar-refractivity contribution in [3.8, 4) is 0 Å². The monoisotopic (exact) mass is 144 g/mol. The number of β-amino-alcohol motifs (C(OH)–C–C–N with tert-alkyl or cyclic N) is 1. The van der Waals surface area contributed by atoms with Gasteiger partial charge in [-0.3, -0.25) is 9.80 Å². The normalized spacial score (nSPS) is 19.7. The molecule has 58 valence electrons. The van der Waals surface area contributed by atoms with Crippen molar-refractivity contribution in [2.75, 3.05) is 19.7 Å². The highest BCUT2D eigenvalue weighted by Crippen LogP contribution is 1.99. The molecule has 0 aromatic rings. The summed E-state index contributed by atoms with van der Waals surface area (Å²) in [6, 6.07) is 0. The maximum absolute atomic E-state index is 10.9. The fourth-order valence-electron chi connectivity index (χ4n) is 0.981. The summed E-state index contributed by atoms with van der Waals surface area (Å²) in [6.45, 7) is 1.27. The average Bonchev–Trinajstić information content (AvgIpc) is 1.94. The van der Waals surface area contributed by atoms with Crippen molar-refractivity contribution < 1.29 is 9.90 Å². The third-order valence-corrected chi connectivity index (χ3v) is 1.49. The van der Waals surface area contributed by atoms with Gasteiger partial charge in [-0.15, -0.1) is 0 Å². The van der Waals surface area contributed by atoms with E-state index in [0.717, 1.165) is 13.0 Å². The molecule has 0 bridgehead atoms. The zero-order valence-corrected chi connectivity index (χ0v) is 5.84. The van der Waals surface area contributed by atoms with Gasteiger partial charge in [-0.05, 0) is 6.42 Å². The molecule has 2 N–H and O–H groups in total. The maximum Gasteiger partial charge on any atom is 0.236 e. The van der Waals surface area contributed by atoms with E-state index in [4.69, 9.17) is 5.11 Å². The van der Waals surface area contributed by atoms with Gasteiger partial charge >= 0.3 is 0 Å². The van der Waals surface area contributed by atoms with Crippen LogP contribution in [0.4, 0.5) is 0 Å². The van der Waals surface area contributed by atoms with Crippen LogP contribution >= 0.6 is 0 Å². The molecule has 0 saturated carbocycles. The Labute approximate surface area is 59.8 Å². The van der Waals surface area contributed by atoms with Gasteiger partial charge in [0.2, 0.25) is 5.91 Å². The molecule has 4 nitrogen and oxygen atoms in total. The Kier molecular flexibility index (Phi) is 2.65. The van der Waals surface area contributed by atoms with Crippen molar-refractivity contribution in [2.45, 2.75) is 12.8 Å². The van der Waals surface area contributed by atoms with Gasteiger partial charge in [0.1, 0.15) is 0 Å². The highest BCUT2D eigenvalue weighted by Gasteiger charge is 2.15. The molecule has 0 aliphatic carbocycles. The molecule has 1 aliphatic heterocycles. The van der Waals surface area contributed by atoms with Gasteiger partial charge < -0.3 is 5.11 Å². The lowest BCUT2D eigenvalue weighted by Gasteiger charge is -2.26. The minimum absolute atomic E-state index is 0.0265. The Morgan fingerprint density at radius 2 is 2.50 bits per heavy atom. The summed E-state index contributed by atoms with van der Waals surface area (Å²) in [5.41, 5.74) is 2.89. The summed E-state index contributed by atoms with van der Waals surface area (Å²) in [6.07, 6.45) is 1.51. The van der Waals surface area contributed by atoms with Gasteiger partial charge in [-0.25, -0.2) is 5.43 Å². The predicted octanol–water partition coefficient (Wildman–Crippen LogP) is -0.894. The second-order valence-corrected chi connectivity index (χ2v) is 2.28. The van der Waals surface area contributed by atoms with Crippen LogP contribution in [0, 0.1) is 0 Å². The molecule has 4 heteroatoms. The van der Waals surface area contributed by atoms with Crippen molar-refractivity contribution in [3.05, 3.63) is 0 Å². The molecule has 1 amide bonds. The number of aliphatic hydroxyl groups is 1. The van der Waals surface area contributed by atoms with Crippen LogP contribution in [-0.2, 0) is 4.79 Å². The van der Waals surface area contributed by atoms with Crippen LogP contribution in [0.15, 0.2) is 0 Å². The Morgan fingerprint density at radius 1 is 1.70 bits per heavy atom. The van der Waals surface area contributed by atoms with E-state index in [2.05, 4.69) is 5.43 Å². The Hall–Kier alpha value is -0.610. The molecule has 1 heterocycles. The average molecular weight is 144 g/mol. The number of amides is 1. The molecule has 10 heavy (non-hydrogen) atoms. The first-order valence-corrected chi connectivity index (χ1v) is 3.49. The number of nitrogens with zero attached hydrogens (tertiary/aromatic N) is 1. The highest BCUT2D eigenvalue weighted by atomic mass is 16.3. The molecule has 0 spiro atoms. The Morgan fingerprint density at radius 3 is 3.10 bits per heavy atom. The van der Waals surface area contributed by atoms with Gasteiger partial charge in [0.15, 0.2) is 0 Å². The van der Waals surface area contributed by atoms with Gasteiger partial charge in [0.25, 0.3) is 0 Å². The third kappa shape index (κ3) is 1.68. The molecular weight excluding hydrogens is 132 g/mol. The number of carbonyl (C=O) groups is 1. The molecule has 0 aromatic carbocycles. The lowest BCUT2D eigenvalue weighted by atomic mass is 10.2. The van der Waals surface area contributed by atoms with Crippen LogP contribution in [0.25, 0.3) is 0 Å². The molecule has 0 aromatic heterocycles. The second kappa shape index (κ2) is 3.53. The fourth-order valence-corrected chi connectivity index (χ4v) is 0.981. The number of aliphatic hydroxyl groups excluding tert-OH is 1. The van der Waals surface area contributed by atoms with Crippen LogP contribution in [0.2, 0.25) is 0 Å². The van der Waals surface area contributed by atoms with E-state index < -0.39 is 0 Å². The van der Waals surface area contributed by atoms with Gasteiger partial charge in [0.05, 0.1) is 13.2 Å². The molecule has 0 unspecified atom stereocenters. The highest BCUT2D eigenvalue weighted by molar-refractivity contribution is 5.76. The van der Waals surface area contributed by atoms with Crippen LogP contribution < -0.4 is 5.43 Å². The lowest BCUT2D eigenvalue weighted by Crippen LogP contribution is -2.48. The van der Waals surface area contributed by atoms with E-state index in [-0.39, 0.29) is 12.5 Å². The smallest absolute Gasteiger partial charge is 0.236 e. The summed E-state index contributed by atoms with van der Waals surface area (Å²) >= 11 is 0. The van der Waals surface area contributed by atoms with Crippen molar-refractivity contribution in [1.82, 2.24) is 10.4 Å². The van der Waals surface area contributed by atoms with E-state index in [1.165, 1.54) is 5.01 Å². The summed E-state index contributed by atoms with van der Waals surface area (Å²) in [7, 11) is 0. The molecule has 0 radical (unpaired) electrons. The second-order valence-electron chi connectivity index (χ2n) is 2.28. The summed E-state index contributed by atoms with van der Waals surface area (Å²) < 4.78 is 0. The standard InChI is InChI=1S/C6H12N2O2/c9-5-4-8-6(10)2-1-3-7-8/h7,9H,1-5H2. The minimum Gasteiger partial charge on any atom is -0.394 e. The zero-order chi connectivity index (χ0) is 7.40.